The van der Waals surface area contributed by atoms with E-state index in [9.17, 15) is 27.6 Å². The fourth-order valence-corrected chi connectivity index (χ4v) is 6.43. The predicted molar refractivity (Wildman–Crippen MR) is 128 cm³/mol. The van der Waals surface area contributed by atoms with Gasteiger partial charge in [-0.2, -0.15) is 0 Å². The molecule has 1 saturated carbocycles. The second kappa shape index (κ2) is 11.8. The number of ether oxygens (including phenoxy) is 1. The van der Waals surface area contributed by atoms with Crippen molar-refractivity contribution >= 4 is 29.4 Å². The number of amides is 2. The van der Waals surface area contributed by atoms with Crippen LogP contribution in [0.25, 0.3) is 0 Å². The van der Waals surface area contributed by atoms with Crippen molar-refractivity contribution in [2.24, 2.45) is 5.92 Å². The summed E-state index contributed by atoms with van der Waals surface area (Å²) in [5.41, 5.74) is 0.352. The van der Waals surface area contributed by atoms with E-state index in [0.29, 0.717) is 17.2 Å². The molecule has 0 heterocycles. The van der Waals surface area contributed by atoms with Gasteiger partial charge in [-0.3, -0.25) is 4.52 Å². The van der Waals surface area contributed by atoms with Gasteiger partial charge in [0.1, 0.15) is 11.9 Å². The highest BCUT2D eigenvalue weighted by Gasteiger charge is 2.30. The maximum absolute atomic E-state index is 12.6. The quantitative estimate of drug-likeness (QED) is 0.333. The normalized spacial score (nSPS) is 15.6. The summed E-state index contributed by atoms with van der Waals surface area (Å²) in [4.78, 5) is 30.8. The molecule has 1 aliphatic carbocycles. The van der Waals surface area contributed by atoms with Crippen molar-refractivity contribution in [2.75, 3.05) is 23.4 Å². The lowest BCUT2D eigenvalue weighted by molar-refractivity contribution is 0.145. The van der Waals surface area contributed by atoms with Gasteiger partial charge in [0.15, 0.2) is 15.6 Å². The summed E-state index contributed by atoms with van der Waals surface area (Å²) in [5.74, 6) is 0.316. The molecule has 2 amide bonds. The molecule has 1 unspecified atom stereocenters. The summed E-state index contributed by atoms with van der Waals surface area (Å²) >= 11 is 0. The molecule has 186 valence electrons. The first-order valence-electron chi connectivity index (χ1n) is 10.9. The molecule has 1 atom stereocenters. The minimum absolute atomic E-state index is 0.0399. The lowest BCUT2D eigenvalue weighted by Gasteiger charge is -2.20. The van der Waals surface area contributed by atoms with Crippen LogP contribution >= 0.6 is 7.82 Å². The number of carbonyl (C=O) groups is 1. The van der Waals surface area contributed by atoms with Gasteiger partial charge in [-0.1, -0.05) is 43.2 Å². The zero-order valence-corrected chi connectivity index (χ0v) is 20.2. The van der Waals surface area contributed by atoms with E-state index < -0.39 is 42.1 Å². The monoisotopic (exact) mass is 512 g/mol. The van der Waals surface area contributed by atoms with Crippen LogP contribution in [0.1, 0.15) is 25.7 Å². The summed E-state index contributed by atoms with van der Waals surface area (Å²) in [5, 5.41) is 5.02. The van der Waals surface area contributed by atoms with Gasteiger partial charge in [0.05, 0.1) is 17.2 Å². The van der Waals surface area contributed by atoms with Crippen LogP contribution in [0.4, 0.5) is 10.5 Å². The molecule has 10 nitrogen and oxygen atoms in total. The molecular formula is C22H29N2O8PS. The Morgan fingerprint density at radius 3 is 2.38 bits per heavy atom. The van der Waals surface area contributed by atoms with Crippen LogP contribution < -0.4 is 15.4 Å². The Morgan fingerprint density at radius 2 is 1.71 bits per heavy atom. The van der Waals surface area contributed by atoms with Crippen molar-refractivity contribution < 1.29 is 36.8 Å². The molecule has 0 aromatic heterocycles. The van der Waals surface area contributed by atoms with Crippen LogP contribution in [0.5, 0.6) is 11.5 Å². The molecule has 3 rings (SSSR count). The Bertz CT molecular complexity index is 1100. The highest BCUT2D eigenvalue weighted by Crippen LogP contribution is 2.38. The summed E-state index contributed by atoms with van der Waals surface area (Å²) in [7, 11) is -8.62. The molecule has 2 aromatic rings. The van der Waals surface area contributed by atoms with Crippen LogP contribution in [-0.4, -0.2) is 48.4 Å². The highest BCUT2D eigenvalue weighted by atomic mass is 32.2. The van der Waals surface area contributed by atoms with Crippen molar-refractivity contribution in [3.63, 3.8) is 0 Å². The molecule has 0 radical (unpaired) electrons. The number of urea groups is 1. The second-order valence-electron chi connectivity index (χ2n) is 8.19. The van der Waals surface area contributed by atoms with Crippen LogP contribution in [0.15, 0.2) is 54.6 Å². The van der Waals surface area contributed by atoms with Crippen LogP contribution in [0, 0.1) is 5.92 Å². The van der Waals surface area contributed by atoms with Crippen molar-refractivity contribution in [1.29, 1.82) is 0 Å². The third-order valence-corrected chi connectivity index (χ3v) is 7.72. The zero-order valence-electron chi connectivity index (χ0n) is 18.5. The van der Waals surface area contributed by atoms with Gasteiger partial charge in [0.25, 0.3) is 0 Å². The summed E-state index contributed by atoms with van der Waals surface area (Å²) in [6, 6.07) is 15.0. The van der Waals surface area contributed by atoms with Crippen molar-refractivity contribution in [3.8, 4) is 11.5 Å². The number of phosphoric ester groups is 1. The number of phosphoric acid groups is 1. The van der Waals surface area contributed by atoms with Gasteiger partial charge in [0.2, 0.25) is 0 Å². The van der Waals surface area contributed by atoms with E-state index in [4.69, 9.17) is 4.74 Å². The first-order chi connectivity index (χ1) is 16.1. The minimum atomic E-state index is -4.97. The number of rotatable bonds is 11. The van der Waals surface area contributed by atoms with Gasteiger partial charge in [-0.25, -0.2) is 17.8 Å². The molecule has 0 spiro atoms. The predicted octanol–water partition coefficient (Wildman–Crippen LogP) is 3.68. The third-order valence-electron chi connectivity index (χ3n) is 5.29. The molecule has 0 saturated heterocycles. The molecule has 12 heteroatoms. The first-order valence-corrected chi connectivity index (χ1v) is 14.3. The maximum Gasteiger partial charge on any atom is 0.469 e. The Labute approximate surface area is 198 Å². The Hall–Kier alpha value is -2.43. The molecule has 0 bridgehead atoms. The van der Waals surface area contributed by atoms with Gasteiger partial charge in [-0.05, 0) is 43.0 Å². The van der Waals surface area contributed by atoms with Gasteiger partial charge >= 0.3 is 13.9 Å². The largest absolute Gasteiger partial charge is 0.469 e. The zero-order chi connectivity index (χ0) is 24.6. The Kier molecular flexibility index (Phi) is 9.10. The van der Waals surface area contributed by atoms with E-state index in [0.717, 1.165) is 25.7 Å². The molecular weight excluding hydrogens is 483 g/mol. The number of anilines is 1. The van der Waals surface area contributed by atoms with Crippen LogP contribution in [-0.2, 0) is 18.9 Å². The molecule has 1 aliphatic rings. The fourth-order valence-electron chi connectivity index (χ4n) is 3.86. The van der Waals surface area contributed by atoms with E-state index in [1.165, 1.54) is 0 Å². The Morgan fingerprint density at radius 1 is 1.06 bits per heavy atom. The van der Waals surface area contributed by atoms with E-state index in [-0.39, 0.29) is 11.7 Å². The molecule has 34 heavy (non-hydrogen) atoms. The average Bonchev–Trinajstić information content (AvgIpc) is 3.25. The lowest BCUT2D eigenvalue weighted by Crippen LogP contribution is -2.40. The number of benzene rings is 2. The maximum atomic E-state index is 12.6. The van der Waals surface area contributed by atoms with Gasteiger partial charge in [0, 0.05) is 6.54 Å². The smallest absolute Gasteiger partial charge is 0.455 e. The van der Waals surface area contributed by atoms with Crippen LogP contribution in [0.3, 0.4) is 0 Å². The molecule has 4 N–H and O–H groups in total. The number of hydrogen-bond acceptors (Lipinski definition) is 6. The van der Waals surface area contributed by atoms with E-state index >= 15 is 0 Å². The van der Waals surface area contributed by atoms with E-state index in [1.807, 2.05) is 6.07 Å². The number of para-hydroxylation sites is 3. The average molecular weight is 513 g/mol. The van der Waals surface area contributed by atoms with E-state index in [1.54, 1.807) is 48.5 Å². The lowest BCUT2D eigenvalue weighted by atomic mass is 10.1. The summed E-state index contributed by atoms with van der Waals surface area (Å²) in [6.07, 6.45) is 2.16. The standard InChI is InChI=1S/C22H29N2O8PS/c25-22(24-20-12-6-7-13-21(20)31-18-10-2-1-3-11-18)23-14-19(32-33(26,27)28)16-34(29,30)15-17-8-4-5-9-17/h1-3,6-7,10-13,17,19H,4-5,8-9,14-16H2,(H2,23,24,25)(H2,26,27,28). The Balaban J connectivity index is 1.60. The molecule has 0 aliphatic heterocycles. The van der Waals surface area contributed by atoms with Crippen molar-refractivity contribution in [2.45, 2.75) is 31.8 Å². The second-order valence-corrected chi connectivity index (χ2v) is 11.5. The first kappa shape index (κ1) is 26.2. The number of nitrogens with one attached hydrogen (secondary N) is 2. The number of hydrogen-bond donors (Lipinski definition) is 4. The highest BCUT2D eigenvalue weighted by molar-refractivity contribution is 7.91. The van der Waals surface area contributed by atoms with Crippen LogP contribution in [0.2, 0.25) is 0 Å². The van der Waals surface area contributed by atoms with Crippen molar-refractivity contribution in [3.05, 3.63) is 54.6 Å². The van der Waals surface area contributed by atoms with Gasteiger partial charge < -0.3 is 25.2 Å². The minimum Gasteiger partial charge on any atom is -0.455 e. The SMILES string of the molecule is O=C(NCC(CS(=O)(=O)CC1CCCC1)OP(=O)(O)O)Nc1ccccc1Oc1ccccc1. The topological polar surface area (TPSA) is 151 Å². The van der Waals surface area contributed by atoms with Crippen molar-refractivity contribution in [1.82, 2.24) is 5.32 Å². The van der Waals surface area contributed by atoms with Gasteiger partial charge in [-0.15, -0.1) is 0 Å². The van der Waals surface area contributed by atoms with E-state index in [2.05, 4.69) is 15.2 Å². The molecule has 1 fully saturated rings. The summed E-state index contributed by atoms with van der Waals surface area (Å²) in [6.45, 7) is -0.414. The number of carbonyl (C=O) groups excluding carboxylic acids is 1. The fraction of sp³-hybridized carbons (Fsp3) is 0.409. The summed E-state index contributed by atoms with van der Waals surface area (Å²) < 4.78 is 46.9. The third kappa shape index (κ3) is 9.08. The number of sulfone groups is 1. The molecule has 2 aromatic carbocycles.